The van der Waals surface area contributed by atoms with Gasteiger partial charge in [0.25, 0.3) is 5.89 Å². The van der Waals surface area contributed by atoms with Crippen molar-refractivity contribution in [2.45, 2.75) is 26.4 Å². The Morgan fingerprint density at radius 2 is 2.12 bits per heavy atom. The standard InChI is InChI=1S/C16H18N4O4/c1-3-14-18-15(24-19-14)11-4-6-12(7-5-11)20-9-13(23-16(20)22)8-17-10(2)21/h4-7,13H,3,8-9H2,1-2H3,(H,17,21). The molecule has 1 atom stereocenters. The fourth-order valence-corrected chi connectivity index (χ4v) is 2.40. The predicted octanol–water partition coefficient (Wildman–Crippen LogP) is 1.76. The molecule has 0 bridgehead atoms. The highest BCUT2D eigenvalue weighted by Gasteiger charge is 2.32. The molecule has 0 saturated carbocycles. The second kappa shape index (κ2) is 6.69. The van der Waals surface area contributed by atoms with Crippen molar-refractivity contribution in [2.75, 3.05) is 18.0 Å². The Labute approximate surface area is 138 Å². The molecule has 2 amide bonds. The van der Waals surface area contributed by atoms with Crippen LogP contribution in [0.25, 0.3) is 11.5 Å². The van der Waals surface area contributed by atoms with Crippen LogP contribution in [0.4, 0.5) is 10.5 Å². The van der Waals surface area contributed by atoms with Crippen molar-refractivity contribution in [1.29, 1.82) is 0 Å². The fourth-order valence-electron chi connectivity index (χ4n) is 2.40. The van der Waals surface area contributed by atoms with Gasteiger partial charge < -0.3 is 14.6 Å². The van der Waals surface area contributed by atoms with E-state index in [1.165, 1.54) is 11.8 Å². The minimum atomic E-state index is -0.427. The molecule has 1 saturated heterocycles. The maximum absolute atomic E-state index is 12.0. The van der Waals surface area contributed by atoms with Gasteiger partial charge in [0.05, 0.1) is 13.1 Å². The van der Waals surface area contributed by atoms with Crippen LogP contribution in [0.2, 0.25) is 0 Å². The summed E-state index contributed by atoms with van der Waals surface area (Å²) in [5.74, 6) is 0.948. The number of ether oxygens (including phenoxy) is 1. The average molecular weight is 330 g/mol. The molecular formula is C16H18N4O4. The molecule has 3 rings (SSSR count). The highest BCUT2D eigenvalue weighted by Crippen LogP contribution is 2.25. The van der Waals surface area contributed by atoms with Crippen LogP contribution in [-0.4, -0.2) is 41.3 Å². The molecule has 126 valence electrons. The van der Waals surface area contributed by atoms with Gasteiger partial charge in [-0.1, -0.05) is 12.1 Å². The summed E-state index contributed by atoms with van der Waals surface area (Å²) in [5, 5.41) is 6.51. The minimum Gasteiger partial charge on any atom is -0.442 e. The van der Waals surface area contributed by atoms with Gasteiger partial charge in [0.2, 0.25) is 5.91 Å². The predicted molar refractivity (Wildman–Crippen MR) is 85.4 cm³/mol. The topological polar surface area (TPSA) is 97.6 Å². The van der Waals surface area contributed by atoms with Gasteiger partial charge in [-0.2, -0.15) is 4.98 Å². The third kappa shape index (κ3) is 3.37. The number of aromatic nitrogens is 2. The maximum Gasteiger partial charge on any atom is 0.414 e. The van der Waals surface area contributed by atoms with Gasteiger partial charge >= 0.3 is 6.09 Å². The molecular weight excluding hydrogens is 312 g/mol. The van der Waals surface area contributed by atoms with Gasteiger partial charge in [-0.05, 0) is 24.3 Å². The molecule has 0 aliphatic carbocycles. The molecule has 1 aromatic carbocycles. The second-order valence-corrected chi connectivity index (χ2v) is 5.47. The number of carbonyl (C=O) groups excluding carboxylic acids is 2. The van der Waals surface area contributed by atoms with Crippen LogP contribution in [0.15, 0.2) is 28.8 Å². The molecule has 1 fully saturated rings. The molecule has 1 aliphatic rings. The summed E-state index contributed by atoms with van der Waals surface area (Å²) >= 11 is 0. The lowest BCUT2D eigenvalue weighted by molar-refractivity contribution is -0.119. The lowest BCUT2D eigenvalue weighted by Gasteiger charge is -2.13. The van der Waals surface area contributed by atoms with Crippen LogP contribution in [0.1, 0.15) is 19.7 Å². The Morgan fingerprint density at radius 1 is 1.38 bits per heavy atom. The van der Waals surface area contributed by atoms with Gasteiger partial charge in [-0.25, -0.2) is 4.79 Å². The van der Waals surface area contributed by atoms with Crippen molar-refractivity contribution in [3.8, 4) is 11.5 Å². The lowest BCUT2D eigenvalue weighted by atomic mass is 10.2. The molecule has 0 radical (unpaired) electrons. The Kier molecular flexibility index (Phi) is 4.45. The fraction of sp³-hybridized carbons (Fsp3) is 0.375. The molecule has 0 spiro atoms. The number of rotatable bonds is 5. The molecule has 2 aromatic rings. The number of benzene rings is 1. The summed E-state index contributed by atoms with van der Waals surface area (Å²) in [6.45, 7) is 4.07. The number of carbonyl (C=O) groups is 2. The smallest absolute Gasteiger partial charge is 0.414 e. The Bertz CT molecular complexity index is 741. The average Bonchev–Trinajstić information content (AvgIpc) is 3.19. The van der Waals surface area contributed by atoms with Gasteiger partial charge in [0, 0.05) is 24.6 Å². The molecule has 1 unspecified atom stereocenters. The van der Waals surface area contributed by atoms with Crippen LogP contribution >= 0.6 is 0 Å². The zero-order chi connectivity index (χ0) is 17.1. The van der Waals surface area contributed by atoms with E-state index in [1.807, 2.05) is 19.1 Å². The first-order chi connectivity index (χ1) is 11.6. The Morgan fingerprint density at radius 3 is 2.75 bits per heavy atom. The van der Waals surface area contributed by atoms with E-state index in [4.69, 9.17) is 9.26 Å². The van der Waals surface area contributed by atoms with Crippen molar-refractivity contribution in [3.05, 3.63) is 30.1 Å². The van der Waals surface area contributed by atoms with E-state index >= 15 is 0 Å². The number of cyclic esters (lactones) is 1. The first kappa shape index (κ1) is 16.0. The van der Waals surface area contributed by atoms with Crippen molar-refractivity contribution in [2.24, 2.45) is 0 Å². The van der Waals surface area contributed by atoms with E-state index in [2.05, 4.69) is 15.5 Å². The van der Waals surface area contributed by atoms with Gasteiger partial charge in [0.1, 0.15) is 6.10 Å². The summed E-state index contributed by atoms with van der Waals surface area (Å²) in [6, 6.07) is 7.23. The first-order valence-electron chi connectivity index (χ1n) is 7.72. The van der Waals surface area contributed by atoms with Crippen molar-refractivity contribution in [1.82, 2.24) is 15.5 Å². The number of anilines is 1. The molecule has 8 heteroatoms. The zero-order valence-corrected chi connectivity index (χ0v) is 13.5. The second-order valence-electron chi connectivity index (χ2n) is 5.47. The number of aryl methyl sites for hydroxylation is 1. The van der Waals surface area contributed by atoms with E-state index in [0.717, 1.165) is 5.56 Å². The van der Waals surface area contributed by atoms with E-state index in [1.54, 1.807) is 12.1 Å². The highest BCUT2D eigenvalue weighted by atomic mass is 16.6. The molecule has 2 heterocycles. The van der Waals surface area contributed by atoms with Gasteiger partial charge in [-0.15, -0.1) is 0 Å². The van der Waals surface area contributed by atoms with Crippen molar-refractivity contribution < 1.29 is 18.8 Å². The Hall–Kier alpha value is -2.90. The normalized spacial score (nSPS) is 17.0. The van der Waals surface area contributed by atoms with Crippen molar-refractivity contribution in [3.63, 3.8) is 0 Å². The first-order valence-corrected chi connectivity index (χ1v) is 7.72. The van der Waals surface area contributed by atoms with E-state index in [9.17, 15) is 9.59 Å². The SMILES string of the molecule is CCc1noc(-c2ccc(N3CC(CNC(C)=O)OC3=O)cc2)n1. The van der Waals surface area contributed by atoms with E-state index < -0.39 is 6.09 Å². The van der Waals surface area contributed by atoms with Gasteiger partial charge in [-0.3, -0.25) is 9.69 Å². The summed E-state index contributed by atoms with van der Waals surface area (Å²) in [7, 11) is 0. The molecule has 24 heavy (non-hydrogen) atoms. The van der Waals surface area contributed by atoms with Crippen LogP contribution < -0.4 is 10.2 Å². The number of amides is 2. The number of hydrogen-bond donors (Lipinski definition) is 1. The van der Waals surface area contributed by atoms with Crippen LogP contribution in [0.5, 0.6) is 0 Å². The van der Waals surface area contributed by atoms with Crippen LogP contribution in [0.3, 0.4) is 0 Å². The van der Waals surface area contributed by atoms with Crippen LogP contribution in [-0.2, 0) is 16.0 Å². The van der Waals surface area contributed by atoms with Crippen LogP contribution in [0, 0.1) is 0 Å². The number of nitrogens with zero attached hydrogens (tertiary/aromatic N) is 3. The Balaban J connectivity index is 1.69. The largest absolute Gasteiger partial charge is 0.442 e. The number of nitrogens with one attached hydrogen (secondary N) is 1. The van der Waals surface area contributed by atoms with E-state index in [-0.39, 0.29) is 12.0 Å². The monoisotopic (exact) mass is 330 g/mol. The highest BCUT2D eigenvalue weighted by molar-refractivity contribution is 5.90. The summed E-state index contributed by atoms with van der Waals surface area (Å²) in [5.41, 5.74) is 1.50. The summed E-state index contributed by atoms with van der Waals surface area (Å²) in [4.78, 5) is 28.7. The quantitative estimate of drug-likeness (QED) is 0.897. The molecule has 1 N–H and O–H groups in total. The summed E-state index contributed by atoms with van der Waals surface area (Å²) in [6.07, 6.45) is -0.0787. The van der Waals surface area contributed by atoms with E-state index in [0.29, 0.717) is 36.9 Å². The van der Waals surface area contributed by atoms with Crippen molar-refractivity contribution >= 4 is 17.7 Å². The molecule has 1 aromatic heterocycles. The lowest BCUT2D eigenvalue weighted by Crippen LogP contribution is -2.33. The maximum atomic E-state index is 12.0. The third-order valence-electron chi connectivity index (χ3n) is 3.66. The number of hydrogen-bond acceptors (Lipinski definition) is 6. The minimum absolute atomic E-state index is 0.153. The zero-order valence-electron chi connectivity index (χ0n) is 13.5. The van der Waals surface area contributed by atoms with Gasteiger partial charge in [0.15, 0.2) is 5.82 Å². The molecule has 1 aliphatic heterocycles. The molecule has 8 nitrogen and oxygen atoms in total. The third-order valence-corrected chi connectivity index (χ3v) is 3.66. The summed E-state index contributed by atoms with van der Waals surface area (Å²) < 4.78 is 10.4.